The average molecular weight is 805 g/mol. The van der Waals surface area contributed by atoms with Crippen molar-refractivity contribution >= 4 is 39.1 Å². The largest absolute Gasteiger partial charge is 0.309 e. The van der Waals surface area contributed by atoms with E-state index in [1.54, 1.807) is 0 Å². The van der Waals surface area contributed by atoms with E-state index in [1.807, 2.05) is 30.0 Å². The average Bonchev–Trinajstić information content (AvgIpc) is 3.87. The summed E-state index contributed by atoms with van der Waals surface area (Å²) in [7, 11) is 0. The van der Waals surface area contributed by atoms with Gasteiger partial charge in [0.05, 0.1) is 11.0 Å². The van der Waals surface area contributed by atoms with Crippen molar-refractivity contribution in [1.82, 2.24) is 19.5 Å². The van der Waals surface area contributed by atoms with E-state index in [0.29, 0.717) is 23.5 Å². The fourth-order valence-electron chi connectivity index (χ4n) is 9.56. The molecule has 294 valence electrons. The molecule has 2 unspecified atom stereocenters. The molecule has 0 fully saturated rings. The number of fused-ring (bicyclic) bond motifs is 6. The highest BCUT2D eigenvalue weighted by Crippen LogP contribution is 2.53. The number of rotatable bonds is 9. The summed E-state index contributed by atoms with van der Waals surface area (Å²) in [4.78, 5) is 18.0. The molecular formula is C56H44N4S. The van der Waals surface area contributed by atoms with Gasteiger partial charge in [0.1, 0.15) is 0 Å². The Morgan fingerprint density at radius 1 is 0.623 bits per heavy atom. The quantitative estimate of drug-likeness (QED) is 0.146. The molecule has 0 spiro atoms. The number of nitrogens with zero attached hydrogens (tertiary/aromatic N) is 4. The Balaban J connectivity index is 0.914. The van der Waals surface area contributed by atoms with Gasteiger partial charge in [-0.25, -0.2) is 15.0 Å². The molecule has 0 saturated carbocycles. The van der Waals surface area contributed by atoms with Gasteiger partial charge in [0.25, 0.3) is 0 Å². The van der Waals surface area contributed by atoms with Gasteiger partial charge in [-0.1, -0.05) is 164 Å². The number of hydrogen-bond acceptors (Lipinski definition) is 4. The molecule has 3 heterocycles. The Hall–Kier alpha value is -6.82. The van der Waals surface area contributed by atoms with Gasteiger partial charge in [0.2, 0.25) is 0 Å². The molecule has 1 aliphatic carbocycles. The van der Waals surface area contributed by atoms with E-state index >= 15 is 0 Å². The molecule has 2 aromatic heterocycles. The molecule has 2 atom stereocenters. The Labute approximate surface area is 361 Å². The SMILES string of the molecule is CCC(Cc1ccccc1-c1ccc2c(c1C)c1ccccc1n2-c1ccccc1)c1ccc(-c2nc(C3=CCC4C(=C3)Sc3ccccc34)nc(-c3ccccc3)n2)cc1. The molecule has 2 aliphatic rings. The number of aryl methyl sites for hydroxylation is 1. The van der Waals surface area contributed by atoms with E-state index < -0.39 is 0 Å². The maximum absolute atomic E-state index is 5.15. The van der Waals surface area contributed by atoms with E-state index in [0.717, 1.165) is 41.8 Å². The van der Waals surface area contributed by atoms with Crippen molar-refractivity contribution < 1.29 is 0 Å². The van der Waals surface area contributed by atoms with Crippen LogP contribution in [-0.2, 0) is 6.42 Å². The standard InChI is InChI=1S/C56H44N4S/c1-3-37(34-41-18-10-11-21-45(41)44-32-33-50-53(36(44)2)48-23-12-14-24-49(48)60(50)43-19-8-5-9-20-43)38-26-28-40(29-27-38)55-57-54(39-16-6-4-7-17-39)58-56(59-55)42-30-31-47-46-22-13-15-25-51(46)61-52(47)35-42/h4-30,32-33,35,37,47H,3,31,34H2,1-2H3. The molecule has 1 aliphatic heterocycles. The second-order valence-electron chi connectivity index (χ2n) is 16.2. The van der Waals surface area contributed by atoms with E-state index in [-0.39, 0.29) is 0 Å². The maximum Gasteiger partial charge on any atom is 0.164 e. The van der Waals surface area contributed by atoms with Crippen LogP contribution in [0, 0.1) is 6.92 Å². The van der Waals surface area contributed by atoms with Gasteiger partial charge >= 0.3 is 0 Å². The van der Waals surface area contributed by atoms with Crippen LogP contribution in [0.15, 0.2) is 192 Å². The first kappa shape index (κ1) is 37.2. The minimum absolute atomic E-state index is 0.341. The van der Waals surface area contributed by atoms with Crippen molar-refractivity contribution in [3.8, 4) is 39.6 Å². The smallest absolute Gasteiger partial charge is 0.164 e. The fraction of sp³-hybridized carbons (Fsp3) is 0.125. The summed E-state index contributed by atoms with van der Waals surface area (Å²) in [6, 6.07) is 61.2. The predicted octanol–water partition coefficient (Wildman–Crippen LogP) is 14.6. The molecule has 0 bridgehead atoms. The van der Waals surface area contributed by atoms with Crippen LogP contribution in [0.5, 0.6) is 0 Å². The van der Waals surface area contributed by atoms with Crippen molar-refractivity contribution in [2.75, 3.05) is 0 Å². The van der Waals surface area contributed by atoms with Gasteiger partial charge in [-0.15, -0.1) is 0 Å². The molecule has 0 radical (unpaired) electrons. The summed E-state index contributed by atoms with van der Waals surface area (Å²) in [6.45, 7) is 4.60. The summed E-state index contributed by atoms with van der Waals surface area (Å²) in [6.07, 6.45) is 7.50. The summed E-state index contributed by atoms with van der Waals surface area (Å²) in [5, 5.41) is 2.60. The second kappa shape index (κ2) is 15.7. The topological polar surface area (TPSA) is 43.6 Å². The van der Waals surface area contributed by atoms with Crippen LogP contribution < -0.4 is 0 Å². The Kier molecular flexibility index (Phi) is 9.55. The third kappa shape index (κ3) is 6.70. The van der Waals surface area contributed by atoms with Crippen LogP contribution in [0.3, 0.4) is 0 Å². The molecule has 4 nitrogen and oxygen atoms in total. The predicted molar refractivity (Wildman–Crippen MR) is 254 cm³/mol. The number of allylic oxidation sites excluding steroid dienone is 4. The molecule has 0 saturated heterocycles. The zero-order chi connectivity index (χ0) is 40.9. The highest BCUT2D eigenvalue weighted by atomic mass is 32.2. The van der Waals surface area contributed by atoms with Crippen molar-refractivity contribution in [3.05, 3.63) is 215 Å². The van der Waals surface area contributed by atoms with Crippen molar-refractivity contribution in [2.24, 2.45) is 0 Å². The van der Waals surface area contributed by atoms with E-state index in [1.165, 1.54) is 70.7 Å². The third-order valence-corrected chi connectivity index (χ3v) is 13.9. The Bertz CT molecular complexity index is 3160. The van der Waals surface area contributed by atoms with Crippen LogP contribution >= 0.6 is 11.8 Å². The van der Waals surface area contributed by atoms with E-state index in [2.05, 4.69) is 182 Å². The first-order valence-electron chi connectivity index (χ1n) is 21.4. The number of thioether (sulfide) groups is 1. The minimum Gasteiger partial charge on any atom is -0.309 e. The minimum atomic E-state index is 0.341. The molecular weight excluding hydrogens is 761 g/mol. The van der Waals surface area contributed by atoms with Gasteiger partial charge in [-0.3, -0.25) is 0 Å². The number of benzene rings is 7. The second-order valence-corrected chi connectivity index (χ2v) is 17.3. The van der Waals surface area contributed by atoms with Crippen LogP contribution in [0.4, 0.5) is 0 Å². The lowest BCUT2D eigenvalue weighted by Gasteiger charge is -2.20. The lowest BCUT2D eigenvalue weighted by atomic mass is 9.85. The van der Waals surface area contributed by atoms with Gasteiger partial charge in [0.15, 0.2) is 17.5 Å². The van der Waals surface area contributed by atoms with Crippen LogP contribution in [0.2, 0.25) is 0 Å². The molecule has 0 N–H and O–H groups in total. The molecule has 11 rings (SSSR count). The monoisotopic (exact) mass is 804 g/mol. The summed E-state index contributed by atoms with van der Waals surface area (Å²) < 4.78 is 2.40. The van der Waals surface area contributed by atoms with Crippen LogP contribution in [0.25, 0.3) is 67.0 Å². The summed E-state index contributed by atoms with van der Waals surface area (Å²) in [5.41, 5.74) is 14.7. The highest BCUT2D eigenvalue weighted by Gasteiger charge is 2.30. The van der Waals surface area contributed by atoms with E-state index in [4.69, 9.17) is 15.0 Å². The van der Waals surface area contributed by atoms with Crippen molar-refractivity contribution in [3.63, 3.8) is 0 Å². The molecule has 5 heteroatoms. The zero-order valence-electron chi connectivity index (χ0n) is 34.3. The van der Waals surface area contributed by atoms with Crippen LogP contribution in [0.1, 0.15) is 59.7 Å². The Morgan fingerprint density at radius 2 is 1.30 bits per heavy atom. The van der Waals surface area contributed by atoms with Crippen LogP contribution in [-0.4, -0.2) is 19.5 Å². The lowest BCUT2D eigenvalue weighted by molar-refractivity contribution is 0.661. The third-order valence-electron chi connectivity index (χ3n) is 12.7. The molecule has 7 aromatic carbocycles. The highest BCUT2D eigenvalue weighted by molar-refractivity contribution is 8.03. The Morgan fingerprint density at radius 3 is 2.10 bits per heavy atom. The summed E-state index contributed by atoms with van der Waals surface area (Å²) >= 11 is 1.88. The fourth-order valence-corrected chi connectivity index (χ4v) is 10.8. The van der Waals surface area contributed by atoms with Gasteiger partial charge in [-0.2, -0.15) is 0 Å². The number of hydrogen-bond donors (Lipinski definition) is 0. The first-order valence-corrected chi connectivity index (χ1v) is 22.2. The lowest BCUT2D eigenvalue weighted by Crippen LogP contribution is -2.06. The van der Waals surface area contributed by atoms with Gasteiger partial charge < -0.3 is 4.57 Å². The maximum atomic E-state index is 5.15. The van der Waals surface area contributed by atoms with Crippen molar-refractivity contribution in [1.29, 1.82) is 0 Å². The number of para-hydroxylation sites is 2. The van der Waals surface area contributed by atoms with Crippen molar-refractivity contribution in [2.45, 2.75) is 49.8 Å². The first-order chi connectivity index (χ1) is 30.1. The number of aromatic nitrogens is 4. The normalized spacial score (nSPS) is 15.0. The molecule has 9 aromatic rings. The molecule has 61 heavy (non-hydrogen) atoms. The zero-order valence-corrected chi connectivity index (χ0v) is 35.1. The summed E-state index contributed by atoms with van der Waals surface area (Å²) in [5.74, 6) is 2.85. The molecule has 0 amide bonds. The van der Waals surface area contributed by atoms with Gasteiger partial charge in [0, 0.05) is 44.0 Å². The van der Waals surface area contributed by atoms with E-state index in [9.17, 15) is 0 Å². The van der Waals surface area contributed by atoms with Gasteiger partial charge in [-0.05, 0) is 107 Å².